The van der Waals surface area contributed by atoms with Gasteiger partial charge in [0.05, 0.1) is 61.0 Å². The number of carbonyl (C=O) groups is 1. The van der Waals surface area contributed by atoms with E-state index >= 15 is 0 Å². The molecule has 5 rings (SSSR count). The maximum atomic E-state index is 14.1. The molecule has 1 aliphatic heterocycles. The van der Waals surface area contributed by atoms with E-state index in [1.165, 1.54) is 4.80 Å². The van der Waals surface area contributed by atoms with Crippen LogP contribution in [0, 0.1) is 6.92 Å². The van der Waals surface area contributed by atoms with Crippen molar-refractivity contribution in [3.05, 3.63) is 59.7 Å². The van der Waals surface area contributed by atoms with Crippen molar-refractivity contribution in [1.29, 1.82) is 0 Å². The number of methoxy groups -OCH3 is 2. The van der Waals surface area contributed by atoms with Gasteiger partial charge >= 0.3 is 0 Å². The van der Waals surface area contributed by atoms with Crippen LogP contribution in [0.4, 0.5) is 4.39 Å². The first-order valence-electron chi connectivity index (χ1n) is 11.9. The van der Waals surface area contributed by atoms with Crippen LogP contribution in [-0.4, -0.2) is 62.8 Å². The molecule has 36 heavy (non-hydrogen) atoms. The zero-order valence-electron chi connectivity index (χ0n) is 20.9. The van der Waals surface area contributed by atoms with Crippen LogP contribution in [0.25, 0.3) is 16.7 Å². The number of aryl methyl sites for hydroxylation is 2. The molecule has 1 saturated heterocycles. The molecular weight excluding hydrogens is 463 g/mol. The second-order valence-electron chi connectivity index (χ2n) is 9.15. The van der Waals surface area contributed by atoms with Crippen molar-refractivity contribution in [3.63, 3.8) is 0 Å². The normalized spacial score (nSPS) is 17.6. The first-order chi connectivity index (χ1) is 17.4. The number of hydrogen-bond donors (Lipinski definition) is 0. The highest BCUT2D eigenvalue weighted by molar-refractivity contribution is 5.98. The summed E-state index contributed by atoms with van der Waals surface area (Å²) in [4.78, 5) is 22.3. The van der Waals surface area contributed by atoms with Gasteiger partial charge in [-0.1, -0.05) is 11.6 Å². The molecule has 3 heterocycles. The molecular formula is C26H29FN6O3. The third-order valence-corrected chi connectivity index (χ3v) is 6.95. The van der Waals surface area contributed by atoms with E-state index in [4.69, 9.17) is 14.5 Å². The number of hydrogen-bond acceptors (Lipinski definition) is 6. The molecule has 0 aliphatic carbocycles. The summed E-state index contributed by atoms with van der Waals surface area (Å²) in [6.07, 6.45) is 4.66. The van der Waals surface area contributed by atoms with Crippen LogP contribution in [0.1, 0.15) is 41.5 Å². The van der Waals surface area contributed by atoms with Gasteiger partial charge in [0, 0.05) is 18.7 Å². The lowest BCUT2D eigenvalue weighted by Crippen LogP contribution is -2.45. The standard InChI is InChI=1S/C26H29FN6O3/c1-17-6-7-20(33-28-10-11-29-33)18(14-17)24(34)32-12-5-8-26(32,2)25-30-19-15-22(35-3)23(36-4)16-21(19)31(25)13-9-27/h6-7,10-11,14-16H,5,8-9,12-13H2,1-4H3/t26-/m0/s1. The Morgan fingerprint density at radius 1 is 1.11 bits per heavy atom. The van der Waals surface area contributed by atoms with Crippen molar-refractivity contribution < 1.29 is 18.7 Å². The number of imidazole rings is 1. The number of alkyl halides is 1. The number of aromatic nitrogens is 5. The number of amides is 1. The summed E-state index contributed by atoms with van der Waals surface area (Å²) in [6.45, 7) is 4.06. The Kier molecular flexibility index (Phi) is 6.11. The SMILES string of the molecule is COc1cc2nc([C@]3(C)CCCN3C(=O)c3cc(C)ccc3-n3nccn3)n(CCF)c2cc1OC. The summed E-state index contributed by atoms with van der Waals surface area (Å²) in [5.41, 5.74) is 2.72. The highest BCUT2D eigenvalue weighted by atomic mass is 19.1. The molecule has 10 heteroatoms. The monoisotopic (exact) mass is 492 g/mol. The Labute approximate surface area is 208 Å². The molecule has 0 unspecified atom stereocenters. The third-order valence-electron chi connectivity index (χ3n) is 6.95. The smallest absolute Gasteiger partial charge is 0.256 e. The van der Waals surface area contributed by atoms with E-state index in [-0.39, 0.29) is 12.5 Å². The van der Waals surface area contributed by atoms with Gasteiger partial charge in [0.2, 0.25) is 0 Å². The van der Waals surface area contributed by atoms with Crippen molar-refractivity contribution in [3.8, 4) is 17.2 Å². The molecule has 0 bridgehead atoms. The van der Waals surface area contributed by atoms with Gasteiger partial charge in [-0.25, -0.2) is 9.37 Å². The lowest BCUT2D eigenvalue weighted by molar-refractivity contribution is 0.0597. The van der Waals surface area contributed by atoms with Crippen molar-refractivity contribution >= 4 is 16.9 Å². The second kappa shape index (κ2) is 9.25. The molecule has 4 aromatic rings. The molecule has 1 atom stereocenters. The molecule has 1 aliphatic rings. The number of fused-ring (bicyclic) bond motifs is 1. The van der Waals surface area contributed by atoms with Gasteiger partial charge in [0.15, 0.2) is 11.5 Å². The van der Waals surface area contributed by atoms with Crippen molar-refractivity contribution in [2.45, 2.75) is 38.8 Å². The lowest BCUT2D eigenvalue weighted by atomic mass is 9.96. The molecule has 2 aromatic heterocycles. The predicted octanol–water partition coefficient (Wildman–Crippen LogP) is 4.06. The molecule has 2 aromatic carbocycles. The van der Waals surface area contributed by atoms with Crippen molar-refractivity contribution in [2.75, 3.05) is 27.4 Å². The molecule has 188 valence electrons. The molecule has 1 amide bonds. The highest BCUT2D eigenvalue weighted by Crippen LogP contribution is 2.42. The minimum atomic E-state index is -0.746. The molecule has 0 N–H and O–H groups in total. The van der Waals surface area contributed by atoms with Gasteiger partial charge in [-0.3, -0.25) is 4.79 Å². The topological polar surface area (TPSA) is 87.3 Å². The van der Waals surface area contributed by atoms with E-state index in [0.29, 0.717) is 47.1 Å². The molecule has 0 saturated carbocycles. The third kappa shape index (κ3) is 3.77. The van der Waals surface area contributed by atoms with Crippen molar-refractivity contribution in [1.82, 2.24) is 29.4 Å². The van der Waals surface area contributed by atoms with Crippen LogP contribution in [0.15, 0.2) is 42.7 Å². The summed E-state index contributed by atoms with van der Waals surface area (Å²) >= 11 is 0. The summed E-state index contributed by atoms with van der Waals surface area (Å²) in [5.74, 6) is 1.59. The van der Waals surface area contributed by atoms with Gasteiger partial charge < -0.3 is 18.9 Å². The minimum Gasteiger partial charge on any atom is -0.493 e. The first-order valence-corrected chi connectivity index (χ1v) is 11.9. The number of ether oxygens (including phenoxy) is 2. The van der Waals surface area contributed by atoms with E-state index < -0.39 is 12.2 Å². The Morgan fingerprint density at radius 3 is 2.53 bits per heavy atom. The fraction of sp³-hybridized carbons (Fsp3) is 0.385. The quantitative estimate of drug-likeness (QED) is 0.387. The first kappa shape index (κ1) is 23.8. The van der Waals surface area contributed by atoms with Crippen LogP contribution in [0.3, 0.4) is 0 Å². The summed E-state index contributed by atoms with van der Waals surface area (Å²) in [6, 6.07) is 9.25. The van der Waals surface area contributed by atoms with E-state index in [9.17, 15) is 9.18 Å². The minimum absolute atomic E-state index is 0.117. The Hall–Kier alpha value is -3.95. The van der Waals surface area contributed by atoms with Crippen molar-refractivity contribution in [2.24, 2.45) is 0 Å². The highest BCUT2D eigenvalue weighted by Gasteiger charge is 2.45. The Bertz CT molecular complexity index is 1420. The summed E-state index contributed by atoms with van der Waals surface area (Å²) < 4.78 is 26.6. The second-order valence-corrected chi connectivity index (χ2v) is 9.15. The maximum Gasteiger partial charge on any atom is 0.256 e. The van der Waals surface area contributed by atoms with Gasteiger partial charge in [-0.2, -0.15) is 15.0 Å². The molecule has 1 fully saturated rings. The van der Waals surface area contributed by atoms with Crippen LogP contribution in [0.5, 0.6) is 11.5 Å². The Balaban J connectivity index is 1.64. The lowest BCUT2D eigenvalue weighted by Gasteiger charge is -2.35. The fourth-order valence-electron chi connectivity index (χ4n) is 5.18. The molecule has 0 spiro atoms. The summed E-state index contributed by atoms with van der Waals surface area (Å²) in [7, 11) is 3.13. The average Bonchev–Trinajstić information content (AvgIpc) is 3.63. The number of likely N-dealkylation sites (tertiary alicyclic amines) is 1. The zero-order valence-corrected chi connectivity index (χ0v) is 20.9. The predicted molar refractivity (Wildman–Crippen MR) is 133 cm³/mol. The number of nitrogens with zero attached hydrogens (tertiary/aromatic N) is 6. The number of rotatable bonds is 7. The van der Waals surface area contributed by atoms with Crippen LogP contribution < -0.4 is 9.47 Å². The average molecular weight is 493 g/mol. The largest absolute Gasteiger partial charge is 0.493 e. The maximum absolute atomic E-state index is 14.1. The summed E-state index contributed by atoms with van der Waals surface area (Å²) in [5, 5.41) is 8.47. The number of benzene rings is 2. The van der Waals surface area contributed by atoms with Gasteiger partial charge in [-0.05, 0) is 38.8 Å². The molecule has 0 radical (unpaired) electrons. The van der Waals surface area contributed by atoms with Gasteiger partial charge in [0.25, 0.3) is 5.91 Å². The van der Waals surface area contributed by atoms with Gasteiger partial charge in [-0.15, -0.1) is 0 Å². The van der Waals surface area contributed by atoms with Crippen LogP contribution in [-0.2, 0) is 12.1 Å². The molecule has 9 nitrogen and oxygen atoms in total. The zero-order chi connectivity index (χ0) is 25.4. The number of halogens is 1. The van der Waals surface area contributed by atoms with E-state index in [1.807, 2.05) is 47.6 Å². The number of carbonyl (C=O) groups excluding carboxylic acids is 1. The van der Waals surface area contributed by atoms with Crippen LogP contribution >= 0.6 is 0 Å². The van der Waals surface area contributed by atoms with E-state index in [2.05, 4.69) is 10.2 Å². The van der Waals surface area contributed by atoms with Gasteiger partial charge in [0.1, 0.15) is 12.5 Å². The Morgan fingerprint density at radius 2 is 1.83 bits per heavy atom. The van der Waals surface area contributed by atoms with E-state index in [1.54, 1.807) is 32.7 Å². The van der Waals surface area contributed by atoms with Crippen LogP contribution in [0.2, 0.25) is 0 Å². The van der Waals surface area contributed by atoms with E-state index in [0.717, 1.165) is 17.5 Å². The fourth-order valence-corrected chi connectivity index (χ4v) is 5.18.